The summed E-state index contributed by atoms with van der Waals surface area (Å²) in [5.74, 6) is -0.784. The van der Waals surface area contributed by atoms with Gasteiger partial charge >= 0.3 is 5.97 Å². The van der Waals surface area contributed by atoms with Gasteiger partial charge in [-0.2, -0.15) is 0 Å². The Balaban J connectivity index is 2.49. The average molecular weight is 208 g/mol. The van der Waals surface area contributed by atoms with Crippen LogP contribution in [0.3, 0.4) is 0 Å². The van der Waals surface area contributed by atoms with Gasteiger partial charge in [-0.15, -0.1) is 0 Å². The highest BCUT2D eigenvalue weighted by Crippen LogP contribution is 2.11. The molecule has 82 valence electrons. The van der Waals surface area contributed by atoms with E-state index >= 15 is 0 Å². The van der Waals surface area contributed by atoms with Crippen molar-refractivity contribution < 1.29 is 9.90 Å². The second kappa shape index (κ2) is 5.46. The minimum absolute atomic E-state index is 0.0438. The van der Waals surface area contributed by atoms with Crippen molar-refractivity contribution in [3.05, 3.63) is 30.1 Å². The third-order valence-corrected chi connectivity index (χ3v) is 2.20. The molecule has 1 aromatic rings. The van der Waals surface area contributed by atoms with Crippen LogP contribution >= 0.6 is 0 Å². The highest BCUT2D eigenvalue weighted by atomic mass is 16.4. The van der Waals surface area contributed by atoms with E-state index in [1.54, 1.807) is 12.4 Å². The first-order chi connectivity index (χ1) is 7.09. The number of hydrogen-bond acceptors (Lipinski definition) is 3. The van der Waals surface area contributed by atoms with Crippen molar-refractivity contribution in [2.24, 2.45) is 0 Å². The molecule has 0 aliphatic rings. The van der Waals surface area contributed by atoms with E-state index in [-0.39, 0.29) is 18.5 Å². The Morgan fingerprint density at radius 1 is 1.60 bits per heavy atom. The summed E-state index contributed by atoms with van der Waals surface area (Å²) in [5, 5.41) is 11.8. The first-order valence-electron chi connectivity index (χ1n) is 4.97. The monoisotopic (exact) mass is 208 g/mol. The molecule has 0 aliphatic heterocycles. The Morgan fingerprint density at radius 3 is 2.87 bits per heavy atom. The van der Waals surface area contributed by atoms with Gasteiger partial charge in [-0.25, -0.2) is 0 Å². The van der Waals surface area contributed by atoms with Crippen LogP contribution in [0, 0.1) is 0 Å². The standard InChI is InChI=1S/C11H16N2O2/c1-8(6-11(14)15)13-9(2)10-4-3-5-12-7-10/h3-5,7-9,13H,6H2,1-2H3,(H,14,15). The van der Waals surface area contributed by atoms with E-state index in [4.69, 9.17) is 5.11 Å². The van der Waals surface area contributed by atoms with Gasteiger partial charge in [0.1, 0.15) is 0 Å². The maximum absolute atomic E-state index is 10.5. The molecule has 0 radical (unpaired) electrons. The molecular formula is C11H16N2O2. The van der Waals surface area contributed by atoms with E-state index in [1.807, 2.05) is 26.0 Å². The summed E-state index contributed by atoms with van der Waals surface area (Å²) in [6, 6.07) is 3.92. The summed E-state index contributed by atoms with van der Waals surface area (Å²) < 4.78 is 0. The Labute approximate surface area is 89.3 Å². The lowest BCUT2D eigenvalue weighted by atomic mass is 10.1. The zero-order valence-corrected chi connectivity index (χ0v) is 8.97. The predicted octanol–water partition coefficient (Wildman–Crippen LogP) is 1.60. The first-order valence-corrected chi connectivity index (χ1v) is 4.97. The predicted molar refractivity (Wildman–Crippen MR) is 57.5 cm³/mol. The zero-order valence-electron chi connectivity index (χ0n) is 8.97. The van der Waals surface area contributed by atoms with E-state index in [9.17, 15) is 4.79 Å². The van der Waals surface area contributed by atoms with Gasteiger partial charge in [-0.1, -0.05) is 6.07 Å². The van der Waals surface area contributed by atoms with Crippen molar-refractivity contribution in [3.8, 4) is 0 Å². The van der Waals surface area contributed by atoms with E-state index < -0.39 is 5.97 Å². The average Bonchev–Trinajstić information content (AvgIpc) is 2.17. The second-order valence-corrected chi connectivity index (χ2v) is 3.67. The van der Waals surface area contributed by atoms with Crippen LogP contribution in [0.15, 0.2) is 24.5 Å². The molecule has 0 aliphatic carbocycles. The van der Waals surface area contributed by atoms with Gasteiger partial charge in [0.05, 0.1) is 6.42 Å². The number of nitrogens with zero attached hydrogens (tertiary/aromatic N) is 1. The van der Waals surface area contributed by atoms with Crippen LogP contribution in [0.1, 0.15) is 31.9 Å². The minimum atomic E-state index is -0.784. The molecule has 0 amide bonds. The molecule has 2 atom stereocenters. The van der Waals surface area contributed by atoms with Crippen LogP contribution < -0.4 is 5.32 Å². The summed E-state index contributed by atoms with van der Waals surface area (Å²) in [6.45, 7) is 3.86. The lowest BCUT2D eigenvalue weighted by molar-refractivity contribution is -0.137. The van der Waals surface area contributed by atoms with Gasteiger partial charge in [0.25, 0.3) is 0 Å². The van der Waals surface area contributed by atoms with Crippen LogP contribution in [-0.4, -0.2) is 22.1 Å². The van der Waals surface area contributed by atoms with E-state index in [0.29, 0.717) is 0 Å². The molecule has 0 saturated heterocycles. The molecule has 0 saturated carbocycles. The van der Waals surface area contributed by atoms with Crippen LogP contribution in [0.4, 0.5) is 0 Å². The summed E-state index contributed by atoms with van der Waals surface area (Å²) >= 11 is 0. The first kappa shape index (κ1) is 11.7. The van der Waals surface area contributed by atoms with Crippen LogP contribution in [0.25, 0.3) is 0 Å². The minimum Gasteiger partial charge on any atom is -0.481 e. The molecule has 4 heteroatoms. The van der Waals surface area contributed by atoms with Crippen molar-refractivity contribution in [1.29, 1.82) is 0 Å². The number of pyridine rings is 1. The van der Waals surface area contributed by atoms with Gasteiger partial charge < -0.3 is 10.4 Å². The molecule has 0 aromatic carbocycles. The largest absolute Gasteiger partial charge is 0.481 e. The Morgan fingerprint density at radius 2 is 2.33 bits per heavy atom. The Bertz CT molecular complexity index is 314. The molecular weight excluding hydrogens is 192 g/mol. The molecule has 0 bridgehead atoms. The fourth-order valence-corrected chi connectivity index (χ4v) is 1.48. The summed E-state index contributed by atoms with van der Waals surface area (Å²) in [6.07, 6.45) is 3.63. The molecule has 0 spiro atoms. The number of rotatable bonds is 5. The van der Waals surface area contributed by atoms with Crippen molar-refractivity contribution in [1.82, 2.24) is 10.3 Å². The van der Waals surface area contributed by atoms with E-state index in [2.05, 4.69) is 10.3 Å². The normalized spacial score (nSPS) is 14.5. The van der Waals surface area contributed by atoms with Gasteiger partial charge in [0.2, 0.25) is 0 Å². The van der Waals surface area contributed by atoms with Crippen LogP contribution in [0.2, 0.25) is 0 Å². The highest BCUT2D eigenvalue weighted by molar-refractivity contribution is 5.67. The van der Waals surface area contributed by atoms with Crippen molar-refractivity contribution in [2.75, 3.05) is 0 Å². The molecule has 15 heavy (non-hydrogen) atoms. The molecule has 2 unspecified atom stereocenters. The maximum Gasteiger partial charge on any atom is 0.304 e. The van der Waals surface area contributed by atoms with Crippen molar-refractivity contribution in [3.63, 3.8) is 0 Å². The smallest absolute Gasteiger partial charge is 0.304 e. The Hall–Kier alpha value is -1.42. The van der Waals surface area contributed by atoms with Gasteiger partial charge in [0, 0.05) is 24.5 Å². The third-order valence-electron chi connectivity index (χ3n) is 2.20. The fraction of sp³-hybridized carbons (Fsp3) is 0.455. The number of carbonyl (C=O) groups is 1. The molecule has 0 fully saturated rings. The molecule has 2 N–H and O–H groups in total. The van der Waals surface area contributed by atoms with E-state index in [0.717, 1.165) is 5.56 Å². The van der Waals surface area contributed by atoms with Crippen molar-refractivity contribution in [2.45, 2.75) is 32.4 Å². The van der Waals surface area contributed by atoms with Crippen LogP contribution in [0.5, 0.6) is 0 Å². The summed E-state index contributed by atoms with van der Waals surface area (Å²) in [5.41, 5.74) is 1.06. The maximum atomic E-state index is 10.5. The van der Waals surface area contributed by atoms with Crippen molar-refractivity contribution >= 4 is 5.97 Å². The number of aliphatic carboxylic acids is 1. The number of carboxylic acid groups (broad SMARTS) is 1. The number of aromatic nitrogens is 1. The Kier molecular flexibility index (Phi) is 4.24. The van der Waals surface area contributed by atoms with Gasteiger partial charge in [-0.3, -0.25) is 9.78 Å². The number of hydrogen-bond donors (Lipinski definition) is 2. The third kappa shape index (κ3) is 4.08. The SMILES string of the molecule is CC(CC(=O)O)NC(C)c1cccnc1. The molecule has 4 nitrogen and oxygen atoms in total. The molecule has 1 aromatic heterocycles. The lowest BCUT2D eigenvalue weighted by Gasteiger charge is -2.18. The van der Waals surface area contributed by atoms with E-state index in [1.165, 1.54) is 0 Å². The quantitative estimate of drug-likeness (QED) is 0.771. The number of nitrogens with one attached hydrogen (secondary N) is 1. The zero-order chi connectivity index (χ0) is 11.3. The summed E-state index contributed by atoms with van der Waals surface area (Å²) in [7, 11) is 0. The van der Waals surface area contributed by atoms with Gasteiger partial charge in [0.15, 0.2) is 0 Å². The second-order valence-electron chi connectivity index (χ2n) is 3.67. The molecule has 1 heterocycles. The van der Waals surface area contributed by atoms with Crippen LogP contribution in [-0.2, 0) is 4.79 Å². The highest BCUT2D eigenvalue weighted by Gasteiger charge is 2.11. The number of carboxylic acids is 1. The molecule has 1 rings (SSSR count). The fourth-order valence-electron chi connectivity index (χ4n) is 1.48. The topological polar surface area (TPSA) is 62.2 Å². The summed E-state index contributed by atoms with van der Waals surface area (Å²) in [4.78, 5) is 14.5. The van der Waals surface area contributed by atoms with Gasteiger partial charge in [-0.05, 0) is 25.5 Å². The lowest BCUT2D eigenvalue weighted by Crippen LogP contribution is -2.30.